The molecule has 1 aromatic heterocycles. The molecule has 250 valence electrons. The maximum absolute atomic E-state index is 13.6. The van der Waals surface area contributed by atoms with E-state index in [9.17, 15) is 14.4 Å². The van der Waals surface area contributed by atoms with Crippen molar-refractivity contribution < 1.29 is 14.4 Å². The van der Waals surface area contributed by atoms with Crippen LogP contribution in [0.15, 0.2) is 137 Å². The summed E-state index contributed by atoms with van der Waals surface area (Å²) in [5, 5.41) is 12.9. The second kappa shape index (κ2) is 15.7. The molecule has 0 spiro atoms. The Bertz CT molecular complexity index is 2180. The van der Waals surface area contributed by atoms with Gasteiger partial charge in [-0.3, -0.25) is 14.4 Å². The van der Waals surface area contributed by atoms with Gasteiger partial charge in [0.15, 0.2) is 5.13 Å². The number of carbonyl (C=O) groups excluding carboxylic acids is 3. The Labute approximate surface area is 299 Å². The van der Waals surface area contributed by atoms with Crippen molar-refractivity contribution >= 4 is 74.2 Å². The molecule has 0 radical (unpaired) electrons. The Balaban J connectivity index is 1.12. The van der Waals surface area contributed by atoms with E-state index in [1.165, 1.54) is 23.1 Å². The first-order chi connectivity index (χ1) is 24.2. The van der Waals surface area contributed by atoms with Gasteiger partial charge in [-0.15, -0.1) is 23.1 Å². The number of hydrogen-bond donors (Lipinski definition) is 3. The summed E-state index contributed by atoms with van der Waals surface area (Å²) in [5.74, 6) is -1.06. The average molecular weight is 698 g/mol. The van der Waals surface area contributed by atoms with Crippen molar-refractivity contribution in [2.75, 3.05) is 29.6 Å². The highest BCUT2D eigenvalue weighted by molar-refractivity contribution is 8.00. The summed E-state index contributed by atoms with van der Waals surface area (Å²) in [6, 6.07) is 38.0. The average Bonchev–Trinajstić information content (AvgIpc) is 3.60. The molecule has 0 aliphatic rings. The smallest absolute Gasteiger partial charge is 0.272 e. The van der Waals surface area contributed by atoms with E-state index in [1.54, 1.807) is 42.5 Å². The Morgan fingerprint density at radius 2 is 1.54 bits per heavy atom. The van der Waals surface area contributed by atoms with E-state index in [2.05, 4.69) is 45.2 Å². The van der Waals surface area contributed by atoms with Crippen LogP contribution in [-0.2, 0) is 9.59 Å². The molecule has 5 aromatic carbocycles. The molecule has 3 amide bonds. The van der Waals surface area contributed by atoms with Crippen molar-refractivity contribution in [1.82, 2.24) is 10.3 Å². The summed E-state index contributed by atoms with van der Waals surface area (Å²) in [4.78, 5) is 47.2. The molecule has 0 saturated heterocycles. The van der Waals surface area contributed by atoms with Gasteiger partial charge in [0.05, 0.1) is 10.9 Å². The fourth-order valence-electron chi connectivity index (χ4n) is 5.10. The molecule has 8 nitrogen and oxygen atoms in total. The molecule has 0 bridgehead atoms. The zero-order valence-corrected chi connectivity index (χ0v) is 29.3. The van der Waals surface area contributed by atoms with Crippen molar-refractivity contribution in [1.29, 1.82) is 0 Å². The van der Waals surface area contributed by atoms with E-state index < -0.39 is 17.1 Å². The standard InChI is InChI=1S/C40H35N5O3S2/c1-26(37(46)44-40-43-36(25-49-40)31-19-18-28-10-7-8-13-30(28)23-31)50-34-15-9-14-32(24-34)41-39(48)35(42-38(47)29-11-5-4-6-12-29)22-27-16-20-33(21-17-27)45(2)3/h4-26H,1-3H3,(H,41,48)(H,42,47)(H,43,44,46)/b35-22+. The van der Waals surface area contributed by atoms with Gasteiger partial charge in [-0.25, -0.2) is 4.98 Å². The predicted molar refractivity (Wildman–Crippen MR) is 207 cm³/mol. The minimum Gasteiger partial charge on any atom is -0.378 e. The van der Waals surface area contributed by atoms with E-state index in [4.69, 9.17) is 0 Å². The van der Waals surface area contributed by atoms with Crippen LogP contribution in [0.3, 0.4) is 0 Å². The van der Waals surface area contributed by atoms with Crippen molar-refractivity contribution in [3.8, 4) is 11.3 Å². The number of amides is 3. The zero-order chi connectivity index (χ0) is 35.0. The van der Waals surface area contributed by atoms with Gasteiger partial charge >= 0.3 is 0 Å². The summed E-state index contributed by atoms with van der Waals surface area (Å²) in [5.41, 5.74) is 4.60. The molecule has 3 N–H and O–H groups in total. The first-order valence-corrected chi connectivity index (χ1v) is 17.7. The van der Waals surface area contributed by atoms with Gasteiger partial charge in [-0.1, -0.05) is 72.8 Å². The van der Waals surface area contributed by atoms with Crippen LogP contribution in [0.25, 0.3) is 28.1 Å². The molecule has 0 aliphatic heterocycles. The first kappa shape index (κ1) is 34.2. The lowest BCUT2D eigenvalue weighted by Crippen LogP contribution is -2.30. The molecule has 0 aliphatic carbocycles. The number of benzene rings is 5. The monoisotopic (exact) mass is 697 g/mol. The third-order valence-electron chi connectivity index (χ3n) is 7.80. The molecule has 10 heteroatoms. The van der Waals surface area contributed by atoms with Crippen LogP contribution < -0.4 is 20.9 Å². The van der Waals surface area contributed by atoms with Crippen LogP contribution in [0.1, 0.15) is 22.8 Å². The molecule has 1 atom stereocenters. The minimum atomic E-state index is -0.482. The van der Waals surface area contributed by atoms with E-state index in [1.807, 2.05) is 92.0 Å². The quantitative estimate of drug-likeness (QED) is 0.0926. The highest BCUT2D eigenvalue weighted by Crippen LogP contribution is 2.30. The fraction of sp³-hybridized carbons (Fsp3) is 0.100. The lowest BCUT2D eigenvalue weighted by atomic mass is 10.1. The van der Waals surface area contributed by atoms with Crippen molar-refractivity contribution in [2.24, 2.45) is 0 Å². The van der Waals surface area contributed by atoms with Gasteiger partial charge in [0.25, 0.3) is 11.8 Å². The van der Waals surface area contributed by atoms with Crippen LogP contribution in [-0.4, -0.2) is 42.1 Å². The summed E-state index contributed by atoms with van der Waals surface area (Å²) in [6.07, 6.45) is 1.64. The Morgan fingerprint density at radius 3 is 2.30 bits per heavy atom. The van der Waals surface area contributed by atoms with Gasteiger partial charge in [-0.2, -0.15) is 0 Å². The number of nitrogens with one attached hydrogen (secondary N) is 3. The van der Waals surface area contributed by atoms with Crippen LogP contribution in [0.2, 0.25) is 0 Å². The molecule has 1 unspecified atom stereocenters. The number of anilines is 3. The van der Waals surface area contributed by atoms with Gasteiger partial charge in [-0.05, 0) is 77.9 Å². The maximum atomic E-state index is 13.6. The number of fused-ring (bicyclic) bond motifs is 1. The van der Waals surface area contributed by atoms with E-state index in [0.29, 0.717) is 16.4 Å². The number of thioether (sulfide) groups is 1. The predicted octanol–water partition coefficient (Wildman–Crippen LogP) is 8.56. The molecule has 0 saturated carbocycles. The second-order valence-corrected chi connectivity index (χ2v) is 14.0. The van der Waals surface area contributed by atoms with Gasteiger partial charge in [0.1, 0.15) is 5.70 Å². The fourth-order valence-corrected chi connectivity index (χ4v) is 6.75. The maximum Gasteiger partial charge on any atom is 0.272 e. The largest absolute Gasteiger partial charge is 0.378 e. The summed E-state index contributed by atoms with van der Waals surface area (Å²) < 4.78 is 0. The Morgan fingerprint density at radius 1 is 0.800 bits per heavy atom. The number of hydrogen-bond acceptors (Lipinski definition) is 7. The van der Waals surface area contributed by atoms with E-state index in [0.717, 1.165) is 38.2 Å². The van der Waals surface area contributed by atoms with E-state index >= 15 is 0 Å². The summed E-state index contributed by atoms with van der Waals surface area (Å²) in [6.45, 7) is 1.82. The number of aromatic nitrogens is 1. The first-order valence-electron chi connectivity index (χ1n) is 15.9. The Hall–Kier alpha value is -5.71. The molecular weight excluding hydrogens is 663 g/mol. The molecular formula is C40H35N5O3S2. The topological polar surface area (TPSA) is 103 Å². The summed E-state index contributed by atoms with van der Waals surface area (Å²) in [7, 11) is 3.90. The molecule has 50 heavy (non-hydrogen) atoms. The third kappa shape index (κ3) is 8.65. The zero-order valence-electron chi connectivity index (χ0n) is 27.7. The second-order valence-electron chi connectivity index (χ2n) is 11.7. The number of rotatable bonds is 11. The van der Waals surface area contributed by atoms with Gasteiger partial charge in [0.2, 0.25) is 5.91 Å². The van der Waals surface area contributed by atoms with Crippen LogP contribution >= 0.6 is 23.1 Å². The minimum absolute atomic E-state index is 0.0914. The van der Waals surface area contributed by atoms with E-state index in [-0.39, 0.29) is 11.6 Å². The normalized spacial score (nSPS) is 11.9. The Kier molecular flexibility index (Phi) is 10.7. The lowest BCUT2D eigenvalue weighted by Gasteiger charge is -2.14. The van der Waals surface area contributed by atoms with Crippen LogP contribution in [0.4, 0.5) is 16.5 Å². The van der Waals surface area contributed by atoms with Gasteiger partial charge < -0.3 is 20.9 Å². The van der Waals surface area contributed by atoms with Crippen molar-refractivity contribution in [3.63, 3.8) is 0 Å². The summed E-state index contributed by atoms with van der Waals surface area (Å²) >= 11 is 2.75. The molecule has 1 heterocycles. The highest BCUT2D eigenvalue weighted by atomic mass is 32.2. The SMILES string of the molecule is CC(Sc1cccc(NC(=O)/C(=C\c2ccc(N(C)C)cc2)NC(=O)c2ccccc2)c1)C(=O)Nc1nc(-c2ccc3ccccc3c2)cs1. The van der Waals surface area contributed by atoms with Crippen LogP contribution in [0.5, 0.6) is 0 Å². The number of thiazole rings is 1. The van der Waals surface area contributed by atoms with Crippen molar-refractivity contribution in [2.45, 2.75) is 17.1 Å². The van der Waals surface area contributed by atoms with Gasteiger partial charge in [0, 0.05) is 46.9 Å². The number of carbonyl (C=O) groups is 3. The van der Waals surface area contributed by atoms with Crippen molar-refractivity contribution in [3.05, 3.63) is 144 Å². The number of nitrogens with zero attached hydrogens (tertiary/aromatic N) is 2. The molecule has 6 aromatic rings. The van der Waals surface area contributed by atoms with Crippen LogP contribution in [0, 0.1) is 0 Å². The highest BCUT2D eigenvalue weighted by Gasteiger charge is 2.19. The molecule has 0 fully saturated rings. The third-order valence-corrected chi connectivity index (χ3v) is 9.65. The molecule has 6 rings (SSSR count). The lowest BCUT2D eigenvalue weighted by molar-refractivity contribution is -0.115.